The van der Waals surface area contributed by atoms with Crippen molar-refractivity contribution < 1.29 is 17.9 Å². The molecule has 3 rings (SSSR count). The van der Waals surface area contributed by atoms with Crippen LogP contribution in [0.1, 0.15) is 51.6 Å². The van der Waals surface area contributed by atoms with Gasteiger partial charge in [0.2, 0.25) is 15.9 Å². The summed E-state index contributed by atoms with van der Waals surface area (Å²) >= 11 is 12.3. The second-order valence-electron chi connectivity index (χ2n) is 8.13. The van der Waals surface area contributed by atoms with Crippen LogP contribution in [-0.4, -0.2) is 32.2 Å². The highest BCUT2D eigenvalue weighted by atomic mass is 35.5. The summed E-state index contributed by atoms with van der Waals surface area (Å²) in [7, 11) is -3.83. The monoisotopic (exact) mass is 498 g/mol. The fourth-order valence-corrected chi connectivity index (χ4v) is 5.76. The Morgan fingerprint density at radius 2 is 1.88 bits per heavy atom. The van der Waals surface area contributed by atoms with E-state index in [1.165, 1.54) is 19.1 Å². The molecule has 0 unspecified atom stereocenters. The maximum absolute atomic E-state index is 13.3. The van der Waals surface area contributed by atoms with Crippen molar-refractivity contribution in [2.45, 2.75) is 57.7 Å². The van der Waals surface area contributed by atoms with E-state index in [4.69, 9.17) is 27.9 Å². The lowest BCUT2D eigenvalue weighted by molar-refractivity contribution is -0.123. The standard InChI is InChI=1S/C23H28Cl2N2O4S/c1-5-23(6-2)14-19(17-9-7-8-10-21(17)31-23)26-22(28)15(3)27(32(4,29)30)20-13-16(24)11-12-18(20)25/h7-13,15,19H,5-6,14H2,1-4H3,(H,26,28)/t15-,19+/m1/s1. The summed E-state index contributed by atoms with van der Waals surface area (Å²) in [6.45, 7) is 5.66. The lowest BCUT2D eigenvalue weighted by Crippen LogP contribution is -2.51. The quantitative estimate of drug-likeness (QED) is 0.558. The van der Waals surface area contributed by atoms with E-state index in [2.05, 4.69) is 19.2 Å². The maximum atomic E-state index is 13.3. The van der Waals surface area contributed by atoms with Crippen LogP contribution in [0, 0.1) is 0 Å². The summed E-state index contributed by atoms with van der Waals surface area (Å²) in [5.41, 5.74) is 0.632. The van der Waals surface area contributed by atoms with Gasteiger partial charge in [-0.15, -0.1) is 0 Å². The van der Waals surface area contributed by atoms with Crippen LogP contribution >= 0.6 is 23.2 Å². The highest BCUT2D eigenvalue weighted by Crippen LogP contribution is 2.43. The molecule has 9 heteroatoms. The fraction of sp³-hybridized carbons (Fsp3) is 0.435. The number of carbonyl (C=O) groups excluding carboxylic acids is 1. The SMILES string of the molecule is CCC1(CC)C[C@H](NC(=O)[C@@H](C)N(c2cc(Cl)ccc2Cl)S(C)(=O)=O)c2ccccc2O1. The van der Waals surface area contributed by atoms with Crippen LogP contribution in [0.25, 0.3) is 0 Å². The van der Waals surface area contributed by atoms with Gasteiger partial charge < -0.3 is 10.1 Å². The van der Waals surface area contributed by atoms with Gasteiger partial charge in [0.15, 0.2) is 0 Å². The molecule has 1 heterocycles. The number of fused-ring (bicyclic) bond motifs is 1. The van der Waals surface area contributed by atoms with Crippen LogP contribution in [0.3, 0.4) is 0 Å². The zero-order valence-corrected chi connectivity index (χ0v) is 20.9. The second-order valence-corrected chi connectivity index (χ2v) is 10.8. The fourth-order valence-electron chi connectivity index (χ4n) is 4.16. The number of ether oxygens (including phenoxy) is 1. The molecule has 2 aromatic rings. The molecule has 0 radical (unpaired) electrons. The maximum Gasteiger partial charge on any atom is 0.244 e. The Morgan fingerprint density at radius 3 is 2.50 bits per heavy atom. The van der Waals surface area contributed by atoms with Gasteiger partial charge >= 0.3 is 0 Å². The summed E-state index contributed by atoms with van der Waals surface area (Å²) in [6.07, 6.45) is 3.20. The first-order valence-corrected chi connectivity index (χ1v) is 13.1. The van der Waals surface area contributed by atoms with Gasteiger partial charge in [-0.1, -0.05) is 55.2 Å². The molecule has 1 amide bonds. The third-order valence-electron chi connectivity index (χ3n) is 6.04. The van der Waals surface area contributed by atoms with Crippen LogP contribution in [0.5, 0.6) is 5.75 Å². The number of rotatable bonds is 7. The van der Waals surface area contributed by atoms with Gasteiger partial charge in [0.05, 0.1) is 23.0 Å². The van der Waals surface area contributed by atoms with Crippen molar-refractivity contribution in [3.05, 3.63) is 58.1 Å². The Labute approximate surface area is 199 Å². The molecular formula is C23H28Cl2N2O4S. The van der Waals surface area contributed by atoms with E-state index in [0.29, 0.717) is 11.4 Å². The minimum atomic E-state index is -3.83. The van der Waals surface area contributed by atoms with Crippen molar-refractivity contribution in [3.63, 3.8) is 0 Å². The Morgan fingerprint density at radius 1 is 1.22 bits per heavy atom. The number of nitrogens with one attached hydrogen (secondary N) is 1. The molecule has 1 N–H and O–H groups in total. The molecule has 0 aromatic heterocycles. The van der Waals surface area contributed by atoms with Crippen molar-refractivity contribution in [3.8, 4) is 5.75 Å². The van der Waals surface area contributed by atoms with Gasteiger partial charge in [-0.3, -0.25) is 9.10 Å². The van der Waals surface area contributed by atoms with Crippen LogP contribution < -0.4 is 14.4 Å². The highest BCUT2D eigenvalue weighted by Gasteiger charge is 2.40. The third kappa shape index (κ3) is 5.00. The molecule has 0 aliphatic carbocycles. The van der Waals surface area contributed by atoms with E-state index >= 15 is 0 Å². The Hall–Kier alpha value is -1.96. The van der Waals surface area contributed by atoms with Gasteiger partial charge in [-0.05, 0) is 44.0 Å². The molecule has 32 heavy (non-hydrogen) atoms. The molecular weight excluding hydrogens is 471 g/mol. The first-order valence-electron chi connectivity index (χ1n) is 10.5. The van der Waals surface area contributed by atoms with Crippen molar-refractivity contribution in [1.82, 2.24) is 5.32 Å². The van der Waals surface area contributed by atoms with E-state index in [9.17, 15) is 13.2 Å². The highest BCUT2D eigenvalue weighted by molar-refractivity contribution is 7.92. The molecule has 2 aromatic carbocycles. The van der Waals surface area contributed by atoms with E-state index in [-0.39, 0.29) is 16.8 Å². The number of hydrogen-bond acceptors (Lipinski definition) is 4. The summed E-state index contributed by atoms with van der Waals surface area (Å²) in [6, 6.07) is 10.8. The number of hydrogen-bond donors (Lipinski definition) is 1. The Bertz CT molecular complexity index is 1100. The lowest BCUT2D eigenvalue weighted by Gasteiger charge is -2.42. The van der Waals surface area contributed by atoms with Gasteiger partial charge in [-0.2, -0.15) is 0 Å². The number of carbonyl (C=O) groups is 1. The molecule has 6 nitrogen and oxygen atoms in total. The smallest absolute Gasteiger partial charge is 0.244 e. The number of amides is 1. The molecule has 1 aliphatic heterocycles. The van der Waals surface area contributed by atoms with Gasteiger partial charge in [0.1, 0.15) is 17.4 Å². The largest absolute Gasteiger partial charge is 0.487 e. The number of para-hydroxylation sites is 1. The first-order chi connectivity index (χ1) is 15.0. The minimum absolute atomic E-state index is 0.160. The summed E-state index contributed by atoms with van der Waals surface area (Å²) in [4.78, 5) is 13.3. The number of benzene rings is 2. The Balaban J connectivity index is 1.95. The number of halogens is 2. The molecule has 0 spiro atoms. The summed E-state index contributed by atoms with van der Waals surface area (Å²) in [5, 5.41) is 3.56. The average Bonchev–Trinajstić information content (AvgIpc) is 2.75. The predicted molar refractivity (Wildman–Crippen MR) is 129 cm³/mol. The minimum Gasteiger partial charge on any atom is -0.487 e. The van der Waals surface area contributed by atoms with Gasteiger partial charge in [0, 0.05) is 17.0 Å². The summed E-state index contributed by atoms with van der Waals surface area (Å²) in [5.74, 6) is 0.299. The molecule has 0 fully saturated rings. The normalized spacial score (nSPS) is 18.2. The molecule has 0 saturated heterocycles. The number of nitrogens with zero attached hydrogens (tertiary/aromatic N) is 1. The third-order valence-corrected chi connectivity index (χ3v) is 7.82. The van der Waals surface area contributed by atoms with Gasteiger partial charge in [-0.25, -0.2) is 8.42 Å². The zero-order chi connectivity index (χ0) is 23.7. The van der Waals surface area contributed by atoms with E-state index in [0.717, 1.165) is 34.7 Å². The van der Waals surface area contributed by atoms with Crippen LogP contribution in [0.15, 0.2) is 42.5 Å². The number of sulfonamides is 1. The van der Waals surface area contributed by atoms with Crippen molar-refractivity contribution >= 4 is 44.8 Å². The lowest BCUT2D eigenvalue weighted by atomic mass is 9.83. The number of anilines is 1. The van der Waals surface area contributed by atoms with E-state index < -0.39 is 27.6 Å². The first kappa shape index (κ1) is 24.7. The average molecular weight is 499 g/mol. The van der Waals surface area contributed by atoms with Crippen LogP contribution in [0.4, 0.5) is 5.69 Å². The van der Waals surface area contributed by atoms with E-state index in [1.54, 1.807) is 6.07 Å². The van der Waals surface area contributed by atoms with Crippen molar-refractivity contribution in [1.29, 1.82) is 0 Å². The summed E-state index contributed by atoms with van der Waals surface area (Å²) < 4.78 is 32.6. The molecule has 1 aliphatic rings. The van der Waals surface area contributed by atoms with Crippen molar-refractivity contribution in [2.24, 2.45) is 0 Å². The second kappa shape index (κ2) is 9.49. The Kier molecular flexibility index (Phi) is 7.32. The van der Waals surface area contributed by atoms with E-state index in [1.807, 2.05) is 24.3 Å². The molecule has 174 valence electrons. The van der Waals surface area contributed by atoms with Crippen LogP contribution in [-0.2, 0) is 14.8 Å². The van der Waals surface area contributed by atoms with Crippen LogP contribution in [0.2, 0.25) is 10.0 Å². The van der Waals surface area contributed by atoms with Gasteiger partial charge in [0.25, 0.3) is 0 Å². The molecule has 0 bridgehead atoms. The van der Waals surface area contributed by atoms with Crippen molar-refractivity contribution in [2.75, 3.05) is 10.6 Å². The molecule has 0 saturated carbocycles. The topological polar surface area (TPSA) is 75.7 Å². The zero-order valence-electron chi connectivity index (χ0n) is 18.6. The molecule has 2 atom stereocenters. The predicted octanol–water partition coefficient (Wildman–Crippen LogP) is 5.35.